The third-order valence-corrected chi connectivity index (χ3v) is 3.08. The Morgan fingerprint density at radius 2 is 1.52 bits per heavy atom. The molecule has 0 aliphatic rings. The van der Waals surface area contributed by atoms with Crippen molar-refractivity contribution in [1.29, 1.82) is 0 Å². The van der Waals surface area contributed by atoms with Crippen molar-refractivity contribution in [3.63, 3.8) is 0 Å². The topological polar surface area (TPSA) is 81.2 Å². The highest BCUT2D eigenvalue weighted by atomic mass is 32.1. The minimum absolute atomic E-state index is 0.0525. The van der Waals surface area contributed by atoms with Gasteiger partial charge in [-0.05, 0) is 30.4 Å². The van der Waals surface area contributed by atoms with Crippen LogP contribution in [-0.2, 0) is 12.4 Å². The van der Waals surface area contributed by atoms with Crippen LogP contribution in [0.4, 0.5) is 32.0 Å². The Labute approximate surface area is 139 Å². The van der Waals surface area contributed by atoms with Gasteiger partial charge in [-0.2, -0.15) is 26.3 Å². The van der Waals surface area contributed by atoms with Crippen LogP contribution in [-0.4, -0.2) is 21.3 Å². The maximum absolute atomic E-state index is 12.7. The van der Waals surface area contributed by atoms with Gasteiger partial charge in [-0.15, -0.1) is 0 Å². The summed E-state index contributed by atoms with van der Waals surface area (Å²) in [6, 6.07) is 0.702. The number of nitrogens with zero attached hydrogens (tertiary/aromatic N) is 1. The lowest BCUT2D eigenvalue weighted by Gasteiger charge is -2.12. The second-order valence-electron chi connectivity index (χ2n) is 4.69. The van der Waals surface area contributed by atoms with Gasteiger partial charge >= 0.3 is 12.4 Å². The van der Waals surface area contributed by atoms with Crippen molar-refractivity contribution in [1.82, 2.24) is 9.97 Å². The predicted octanol–water partition coefficient (Wildman–Crippen LogP) is 3.93. The summed E-state index contributed by atoms with van der Waals surface area (Å²) in [5.74, 6) is -0.736. The molecular weight excluding hydrogens is 376 g/mol. The van der Waals surface area contributed by atoms with Crippen molar-refractivity contribution in [2.45, 2.75) is 12.4 Å². The summed E-state index contributed by atoms with van der Waals surface area (Å²) in [5.41, 5.74) is -5.25. The molecule has 25 heavy (non-hydrogen) atoms. The Balaban J connectivity index is 2.56. The molecule has 1 heterocycles. The molecule has 3 N–H and O–H groups in total. The maximum Gasteiger partial charge on any atom is 0.416 e. The first-order valence-electron chi connectivity index (χ1n) is 6.27. The molecule has 0 atom stereocenters. The van der Waals surface area contributed by atoms with Gasteiger partial charge in [-0.25, -0.2) is 0 Å². The number of benzene rings is 1. The highest BCUT2D eigenvalue weighted by molar-refractivity contribution is 7.71. The summed E-state index contributed by atoms with van der Waals surface area (Å²) in [4.78, 5) is 19.2. The van der Waals surface area contributed by atoms with Crippen LogP contribution in [0.1, 0.15) is 16.7 Å². The number of alkyl halides is 6. The number of nitrogens with one attached hydrogen (secondary N) is 2. The molecule has 0 aliphatic carbocycles. The number of rotatable bonds is 2. The summed E-state index contributed by atoms with van der Waals surface area (Å²) in [5, 5.41) is 9.52. The molecule has 1 aromatic heterocycles. The molecule has 12 heteroatoms. The molecule has 0 fully saturated rings. The fraction of sp³-hybridized carbons (Fsp3) is 0.154. The predicted molar refractivity (Wildman–Crippen MR) is 77.6 cm³/mol. The first-order valence-corrected chi connectivity index (χ1v) is 6.68. The Hall–Kier alpha value is -2.63. The second-order valence-corrected chi connectivity index (χ2v) is 5.10. The number of H-pyrrole nitrogens is 2. The number of aromatic amines is 2. The second kappa shape index (κ2) is 6.35. The number of aliphatic imine (C=N–C) groups is 1. The Morgan fingerprint density at radius 3 is 1.96 bits per heavy atom. The maximum atomic E-state index is 12.7. The van der Waals surface area contributed by atoms with Gasteiger partial charge in [0, 0.05) is 6.21 Å². The average Bonchev–Trinajstić information content (AvgIpc) is 2.44. The van der Waals surface area contributed by atoms with Crippen molar-refractivity contribution in [3.05, 3.63) is 50.0 Å². The first-order chi connectivity index (χ1) is 11.4. The highest BCUT2D eigenvalue weighted by Crippen LogP contribution is 2.38. The lowest BCUT2D eigenvalue weighted by atomic mass is 10.1. The van der Waals surface area contributed by atoms with Crippen molar-refractivity contribution in [2.75, 3.05) is 0 Å². The molecule has 2 aromatic rings. The number of hydrogen-bond acceptors (Lipinski definition) is 4. The van der Waals surface area contributed by atoms with E-state index in [2.05, 4.69) is 27.2 Å². The SMILES string of the molecule is O=c1[nH]c(=S)[nH]c(O)c1C=Nc1cc(C(F)(F)F)cc(C(F)(F)F)c1. The Kier molecular flexibility index (Phi) is 4.75. The van der Waals surface area contributed by atoms with Crippen LogP contribution in [0.25, 0.3) is 0 Å². The van der Waals surface area contributed by atoms with E-state index in [9.17, 15) is 36.2 Å². The summed E-state index contributed by atoms with van der Waals surface area (Å²) in [6.45, 7) is 0. The van der Waals surface area contributed by atoms with Crippen LogP contribution in [0.3, 0.4) is 0 Å². The summed E-state index contributed by atoms with van der Waals surface area (Å²) in [7, 11) is 0. The standard InChI is InChI=1S/C13H7F6N3O2S/c14-12(15,16)5-1-6(13(17,18)19)3-7(2-5)20-4-8-9(23)21-11(25)22-10(8)24/h1-4H,(H3,21,22,23,24,25). The fourth-order valence-electron chi connectivity index (χ4n) is 1.76. The number of aromatic nitrogens is 2. The van der Waals surface area contributed by atoms with Crippen molar-refractivity contribution in [3.8, 4) is 5.88 Å². The van der Waals surface area contributed by atoms with Gasteiger partial charge in [0.1, 0.15) is 5.56 Å². The molecule has 0 saturated carbocycles. The van der Waals surface area contributed by atoms with E-state index in [0.717, 1.165) is 0 Å². The molecule has 2 rings (SSSR count). The number of hydrogen-bond donors (Lipinski definition) is 3. The molecule has 0 amide bonds. The summed E-state index contributed by atoms with van der Waals surface area (Å²) >= 11 is 4.57. The minimum atomic E-state index is -5.02. The Bertz CT molecular complexity index is 910. The van der Waals surface area contributed by atoms with E-state index in [4.69, 9.17) is 0 Å². The van der Waals surface area contributed by atoms with Crippen molar-refractivity contribution in [2.24, 2.45) is 4.99 Å². The molecular formula is C13H7F6N3O2S. The van der Waals surface area contributed by atoms with Gasteiger partial charge in [-0.1, -0.05) is 0 Å². The van der Waals surface area contributed by atoms with Crippen molar-refractivity contribution >= 4 is 24.1 Å². The number of aromatic hydroxyl groups is 1. The largest absolute Gasteiger partial charge is 0.494 e. The zero-order valence-corrected chi connectivity index (χ0v) is 12.6. The summed E-state index contributed by atoms with van der Waals surface area (Å²) in [6.07, 6.45) is -9.43. The first kappa shape index (κ1) is 18.7. The molecule has 0 aliphatic heterocycles. The third kappa shape index (κ3) is 4.47. The van der Waals surface area contributed by atoms with E-state index in [-0.39, 0.29) is 10.8 Å². The number of halogens is 6. The molecule has 134 valence electrons. The third-order valence-electron chi connectivity index (χ3n) is 2.87. The van der Waals surface area contributed by atoms with E-state index in [0.29, 0.717) is 18.3 Å². The van der Waals surface area contributed by atoms with Gasteiger partial charge < -0.3 is 10.1 Å². The molecule has 0 bridgehead atoms. The van der Waals surface area contributed by atoms with Crippen LogP contribution in [0.15, 0.2) is 28.0 Å². The fourth-order valence-corrected chi connectivity index (χ4v) is 1.95. The van der Waals surface area contributed by atoms with Crippen LogP contribution in [0.2, 0.25) is 0 Å². The van der Waals surface area contributed by atoms with Gasteiger partial charge in [0.15, 0.2) is 4.77 Å². The summed E-state index contributed by atoms with van der Waals surface area (Å²) < 4.78 is 76.2. The van der Waals surface area contributed by atoms with E-state index in [1.165, 1.54) is 0 Å². The lowest BCUT2D eigenvalue weighted by molar-refractivity contribution is -0.143. The van der Waals surface area contributed by atoms with Crippen LogP contribution < -0.4 is 5.56 Å². The van der Waals surface area contributed by atoms with Gasteiger partial charge in [0.05, 0.1) is 16.8 Å². The van der Waals surface area contributed by atoms with Crippen LogP contribution in [0, 0.1) is 4.77 Å². The molecule has 0 unspecified atom stereocenters. The minimum Gasteiger partial charge on any atom is -0.494 e. The Morgan fingerprint density at radius 1 is 1.00 bits per heavy atom. The smallest absolute Gasteiger partial charge is 0.416 e. The van der Waals surface area contributed by atoms with E-state index < -0.39 is 46.2 Å². The van der Waals surface area contributed by atoms with E-state index in [1.54, 1.807) is 0 Å². The lowest BCUT2D eigenvalue weighted by Crippen LogP contribution is -2.13. The van der Waals surface area contributed by atoms with Crippen LogP contribution >= 0.6 is 12.2 Å². The van der Waals surface area contributed by atoms with E-state index >= 15 is 0 Å². The van der Waals surface area contributed by atoms with Gasteiger partial charge in [0.2, 0.25) is 5.88 Å². The monoisotopic (exact) mass is 383 g/mol. The normalized spacial score (nSPS) is 12.7. The molecule has 1 aromatic carbocycles. The zero-order valence-electron chi connectivity index (χ0n) is 11.8. The highest BCUT2D eigenvalue weighted by Gasteiger charge is 2.36. The molecule has 0 saturated heterocycles. The van der Waals surface area contributed by atoms with Gasteiger partial charge in [0.25, 0.3) is 5.56 Å². The van der Waals surface area contributed by atoms with Crippen LogP contribution in [0.5, 0.6) is 5.88 Å². The average molecular weight is 383 g/mol. The molecule has 0 spiro atoms. The zero-order chi connectivity index (χ0) is 19.0. The molecule has 5 nitrogen and oxygen atoms in total. The van der Waals surface area contributed by atoms with E-state index in [1.807, 2.05) is 0 Å². The van der Waals surface area contributed by atoms with Gasteiger partial charge in [-0.3, -0.25) is 14.8 Å². The quantitative estimate of drug-likeness (QED) is 0.418. The van der Waals surface area contributed by atoms with Crippen molar-refractivity contribution < 1.29 is 31.4 Å². The molecule has 0 radical (unpaired) electrons.